The molecule has 0 bridgehead atoms. The van der Waals surface area contributed by atoms with Crippen LogP contribution in [0.1, 0.15) is 49.5 Å². The molecule has 1 saturated heterocycles. The minimum atomic E-state index is -0.304. The maximum atomic E-state index is 13.0. The Balaban J connectivity index is 1.26. The van der Waals surface area contributed by atoms with Crippen molar-refractivity contribution in [1.82, 2.24) is 24.9 Å². The van der Waals surface area contributed by atoms with Gasteiger partial charge in [0.25, 0.3) is 0 Å². The van der Waals surface area contributed by atoms with Gasteiger partial charge in [-0.25, -0.2) is 4.98 Å². The van der Waals surface area contributed by atoms with E-state index in [0.29, 0.717) is 24.5 Å². The van der Waals surface area contributed by atoms with E-state index in [1.807, 2.05) is 18.0 Å². The molecule has 4 heterocycles. The molecule has 1 atom stereocenters. The van der Waals surface area contributed by atoms with Gasteiger partial charge in [0, 0.05) is 38.0 Å². The summed E-state index contributed by atoms with van der Waals surface area (Å²) in [6, 6.07) is 1.61. The number of hydrogen-bond donors (Lipinski definition) is 1. The number of imidazole rings is 1. The first-order chi connectivity index (χ1) is 13.9. The molecule has 1 N–H and O–H groups in total. The van der Waals surface area contributed by atoms with Crippen molar-refractivity contribution in [3.63, 3.8) is 0 Å². The summed E-state index contributed by atoms with van der Waals surface area (Å²) in [7, 11) is 0. The molecule has 0 aromatic carbocycles. The summed E-state index contributed by atoms with van der Waals surface area (Å²) in [6.07, 6.45) is 10.5. The Morgan fingerprint density at radius 3 is 2.76 bits per heavy atom. The van der Waals surface area contributed by atoms with E-state index in [1.165, 1.54) is 0 Å². The van der Waals surface area contributed by atoms with Crippen LogP contribution in [0.3, 0.4) is 0 Å². The quantitative estimate of drug-likeness (QED) is 0.798. The van der Waals surface area contributed by atoms with Crippen molar-refractivity contribution >= 4 is 11.8 Å². The molecule has 1 fully saturated rings. The van der Waals surface area contributed by atoms with Crippen LogP contribution in [0.15, 0.2) is 35.1 Å². The van der Waals surface area contributed by atoms with Crippen LogP contribution in [0.4, 0.5) is 0 Å². The third-order valence-corrected chi connectivity index (χ3v) is 6.51. The summed E-state index contributed by atoms with van der Waals surface area (Å²) in [4.78, 5) is 31.9. The van der Waals surface area contributed by atoms with E-state index < -0.39 is 0 Å². The molecule has 29 heavy (non-hydrogen) atoms. The second kappa shape index (κ2) is 6.30. The van der Waals surface area contributed by atoms with Crippen molar-refractivity contribution in [2.24, 2.45) is 5.41 Å². The molecule has 1 spiro atoms. The molecule has 0 radical (unpaired) electrons. The highest BCUT2D eigenvalue weighted by Gasteiger charge is 2.55. The van der Waals surface area contributed by atoms with Crippen LogP contribution in [0.25, 0.3) is 0 Å². The van der Waals surface area contributed by atoms with Crippen molar-refractivity contribution in [3.05, 3.63) is 47.9 Å². The van der Waals surface area contributed by atoms with Gasteiger partial charge in [-0.3, -0.25) is 9.59 Å². The number of likely N-dealkylation sites (tertiary alicyclic amines) is 1. The lowest BCUT2D eigenvalue weighted by atomic mass is 9.80. The van der Waals surface area contributed by atoms with Gasteiger partial charge in [0.1, 0.15) is 11.6 Å². The van der Waals surface area contributed by atoms with Crippen LogP contribution in [0, 0.1) is 12.3 Å². The first kappa shape index (κ1) is 18.1. The fourth-order valence-electron chi connectivity index (χ4n) is 4.99. The topological polar surface area (TPSA) is 93.3 Å². The number of fused-ring (bicyclic) bond motifs is 2. The Bertz CT molecular complexity index is 990. The second-order valence-corrected chi connectivity index (χ2v) is 8.91. The van der Waals surface area contributed by atoms with Gasteiger partial charge >= 0.3 is 0 Å². The van der Waals surface area contributed by atoms with Crippen molar-refractivity contribution in [3.8, 4) is 0 Å². The number of allylic oxidation sites excluding steroid dienone is 2. The molecule has 0 saturated carbocycles. The molecule has 1 unspecified atom stereocenters. The third-order valence-electron chi connectivity index (χ3n) is 6.51. The fourth-order valence-corrected chi connectivity index (χ4v) is 4.99. The van der Waals surface area contributed by atoms with Crippen LogP contribution in [-0.2, 0) is 21.5 Å². The molecule has 2 amide bonds. The average Bonchev–Trinajstić information content (AvgIpc) is 3.40. The predicted molar refractivity (Wildman–Crippen MR) is 104 cm³/mol. The Morgan fingerprint density at radius 1 is 1.31 bits per heavy atom. The minimum absolute atomic E-state index is 0.105. The van der Waals surface area contributed by atoms with E-state index in [9.17, 15) is 9.59 Å². The number of nitrogens with one attached hydrogen (secondary N) is 1. The largest absolute Gasteiger partial charge is 0.361 e. The number of rotatable bonds is 4. The minimum Gasteiger partial charge on any atom is -0.361 e. The van der Waals surface area contributed by atoms with E-state index >= 15 is 0 Å². The smallest absolute Gasteiger partial charge is 0.229 e. The van der Waals surface area contributed by atoms with E-state index in [2.05, 4.69) is 32.2 Å². The monoisotopic (exact) mass is 395 g/mol. The van der Waals surface area contributed by atoms with E-state index in [4.69, 9.17) is 4.52 Å². The van der Waals surface area contributed by atoms with E-state index in [-0.39, 0.29) is 35.2 Å². The summed E-state index contributed by atoms with van der Waals surface area (Å²) < 4.78 is 7.18. The third kappa shape index (κ3) is 2.89. The van der Waals surface area contributed by atoms with Gasteiger partial charge in [0.15, 0.2) is 0 Å². The Labute approximate surface area is 168 Å². The summed E-state index contributed by atoms with van der Waals surface area (Å²) in [5.74, 6) is 1.67. The highest BCUT2D eigenvalue weighted by molar-refractivity contribution is 5.84. The van der Waals surface area contributed by atoms with Gasteiger partial charge in [-0.05, 0) is 19.8 Å². The number of aromatic nitrogens is 3. The normalized spacial score (nSPS) is 23.2. The molecule has 3 aliphatic rings. The Morgan fingerprint density at radius 2 is 2.07 bits per heavy atom. The molecule has 2 aromatic heterocycles. The molecule has 2 aliphatic heterocycles. The first-order valence-corrected chi connectivity index (χ1v) is 10.1. The summed E-state index contributed by atoms with van der Waals surface area (Å²) in [6.45, 7) is 5.18. The lowest BCUT2D eigenvalue weighted by Crippen LogP contribution is -2.65. The number of carbonyl (C=O) groups excluding carboxylic acids is 2. The maximum absolute atomic E-state index is 13.0. The summed E-state index contributed by atoms with van der Waals surface area (Å²) in [5, 5.41) is 6.98. The molecule has 1 aliphatic carbocycles. The van der Waals surface area contributed by atoms with Crippen LogP contribution >= 0.6 is 0 Å². The highest BCUT2D eigenvalue weighted by Crippen LogP contribution is 2.46. The van der Waals surface area contributed by atoms with Crippen LogP contribution in [-0.4, -0.2) is 44.5 Å². The number of nitrogens with zero attached hydrogens (tertiary/aromatic N) is 4. The van der Waals surface area contributed by atoms with Gasteiger partial charge < -0.3 is 19.3 Å². The zero-order valence-corrected chi connectivity index (χ0v) is 16.7. The van der Waals surface area contributed by atoms with Gasteiger partial charge in [0.05, 0.1) is 29.1 Å². The standard InChI is InChI=1S/C21H25N5O3/c1-14-9-15(24-29-14)10-17(27)23-16-11-21(26-8-7-22-18(16)26)12-25(13-21)19(28)20(2)5-3-4-6-20/h3-4,7-9,16H,5-6,10-13H2,1-2H3,(H,23,27). The lowest BCUT2D eigenvalue weighted by Gasteiger charge is -2.51. The Hall–Kier alpha value is -2.90. The molecule has 2 aromatic rings. The van der Waals surface area contributed by atoms with Gasteiger partial charge in [0.2, 0.25) is 11.8 Å². The molecule has 8 heteroatoms. The van der Waals surface area contributed by atoms with Crippen molar-refractivity contribution < 1.29 is 14.1 Å². The molecular formula is C21H25N5O3. The van der Waals surface area contributed by atoms with Crippen LogP contribution in [0.5, 0.6) is 0 Å². The fraction of sp³-hybridized carbons (Fsp3) is 0.524. The number of carbonyl (C=O) groups is 2. The predicted octanol–water partition coefficient (Wildman–Crippen LogP) is 1.88. The van der Waals surface area contributed by atoms with Gasteiger partial charge in [-0.2, -0.15) is 0 Å². The highest BCUT2D eigenvalue weighted by atomic mass is 16.5. The zero-order chi connectivity index (χ0) is 20.2. The van der Waals surface area contributed by atoms with Gasteiger partial charge in [-0.15, -0.1) is 0 Å². The number of aryl methyl sites for hydroxylation is 1. The van der Waals surface area contributed by atoms with Crippen molar-refractivity contribution in [2.75, 3.05) is 13.1 Å². The molecular weight excluding hydrogens is 370 g/mol. The summed E-state index contributed by atoms with van der Waals surface area (Å²) >= 11 is 0. The van der Waals surface area contributed by atoms with E-state index in [1.54, 1.807) is 19.2 Å². The van der Waals surface area contributed by atoms with Crippen molar-refractivity contribution in [2.45, 2.75) is 51.1 Å². The van der Waals surface area contributed by atoms with E-state index in [0.717, 1.165) is 25.1 Å². The van der Waals surface area contributed by atoms with Crippen LogP contribution < -0.4 is 5.32 Å². The number of amides is 2. The maximum Gasteiger partial charge on any atom is 0.229 e. The summed E-state index contributed by atoms with van der Waals surface area (Å²) in [5.41, 5.74) is 0.142. The Kier molecular flexibility index (Phi) is 3.94. The van der Waals surface area contributed by atoms with Crippen LogP contribution in [0.2, 0.25) is 0 Å². The number of hydrogen-bond acceptors (Lipinski definition) is 5. The average molecular weight is 395 g/mol. The SMILES string of the molecule is Cc1cc(CC(=O)NC2CC3(CN(C(=O)C4(C)CC=CC4)C3)n3ccnc32)no1. The lowest BCUT2D eigenvalue weighted by molar-refractivity contribution is -0.152. The zero-order valence-electron chi connectivity index (χ0n) is 16.7. The van der Waals surface area contributed by atoms with Gasteiger partial charge in [-0.1, -0.05) is 24.2 Å². The molecule has 5 rings (SSSR count). The van der Waals surface area contributed by atoms with Crippen molar-refractivity contribution in [1.29, 1.82) is 0 Å². The molecule has 8 nitrogen and oxygen atoms in total. The first-order valence-electron chi connectivity index (χ1n) is 10.1. The second-order valence-electron chi connectivity index (χ2n) is 8.91. The molecule has 152 valence electrons.